The second kappa shape index (κ2) is 3.25. The molecule has 0 aromatic rings. The highest BCUT2D eigenvalue weighted by atomic mass is 16.2. The van der Waals surface area contributed by atoms with Crippen molar-refractivity contribution >= 4 is 5.91 Å². The van der Waals surface area contributed by atoms with Crippen molar-refractivity contribution in [1.82, 2.24) is 5.32 Å². The minimum atomic E-state index is 0.0680. The molecule has 0 bridgehead atoms. The van der Waals surface area contributed by atoms with E-state index in [1.165, 1.54) is 0 Å². The molecule has 2 unspecified atom stereocenters. The van der Waals surface area contributed by atoms with Crippen LogP contribution < -0.4 is 5.32 Å². The van der Waals surface area contributed by atoms with Gasteiger partial charge in [-0.1, -0.05) is 41.5 Å². The molecule has 82 valence electrons. The average molecular weight is 197 g/mol. The van der Waals surface area contributed by atoms with Gasteiger partial charge in [-0.2, -0.15) is 0 Å². The lowest BCUT2D eigenvalue weighted by atomic mass is 9.66. The summed E-state index contributed by atoms with van der Waals surface area (Å²) in [7, 11) is 0. The van der Waals surface area contributed by atoms with E-state index in [2.05, 4.69) is 46.9 Å². The topological polar surface area (TPSA) is 29.1 Å². The Hall–Kier alpha value is -0.530. The van der Waals surface area contributed by atoms with Crippen LogP contribution in [0, 0.1) is 22.7 Å². The predicted molar refractivity (Wildman–Crippen MR) is 58.9 cm³/mol. The van der Waals surface area contributed by atoms with Crippen molar-refractivity contribution in [3.05, 3.63) is 0 Å². The number of nitrogens with one attached hydrogen (secondary N) is 1. The van der Waals surface area contributed by atoms with Gasteiger partial charge >= 0.3 is 0 Å². The molecular formula is C12H23NO. The van der Waals surface area contributed by atoms with Crippen LogP contribution in [0.25, 0.3) is 0 Å². The first-order valence-corrected chi connectivity index (χ1v) is 5.42. The maximum Gasteiger partial charge on any atom is 0.224 e. The number of carbonyl (C=O) groups excluding carboxylic acids is 1. The molecule has 1 saturated heterocycles. The van der Waals surface area contributed by atoms with Crippen LogP contribution in [-0.2, 0) is 4.79 Å². The van der Waals surface area contributed by atoms with Crippen LogP contribution in [0.2, 0.25) is 0 Å². The summed E-state index contributed by atoms with van der Waals surface area (Å²) in [6, 6.07) is 0. The minimum absolute atomic E-state index is 0.0680. The highest BCUT2D eigenvalue weighted by Gasteiger charge is 2.46. The molecule has 1 rings (SSSR count). The van der Waals surface area contributed by atoms with E-state index in [-0.39, 0.29) is 22.7 Å². The summed E-state index contributed by atoms with van der Waals surface area (Å²) in [4.78, 5) is 11.8. The fraction of sp³-hybridized carbons (Fsp3) is 0.917. The van der Waals surface area contributed by atoms with E-state index in [4.69, 9.17) is 0 Å². The summed E-state index contributed by atoms with van der Waals surface area (Å²) in [6.07, 6.45) is 0. The van der Waals surface area contributed by atoms with Crippen molar-refractivity contribution in [3.8, 4) is 0 Å². The normalized spacial score (nSPS) is 29.1. The van der Waals surface area contributed by atoms with Crippen LogP contribution >= 0.6 is 0 Å². The van der Waals surface area contributed by atoms with Gasteiger partial charge < -0.3 is 5.32 Å². The molecule has 0 aliphatic carbocycles. The molecule has 2 heteroatoms. The summed E-state index contributed by atoms with van der Waals surface area (Å²) in [5, 5.41) is 2.99. The molecule has 0 saturated carbocycles. The van der Waals surface area contributed by atoms with Gasteiger partial charge in [-0.05, 0) is 16.7 Å². The van der Waals surface area contributed by atoms with Crippen LogP contribution in [-0.4, -0.2) is 12.5 Å². The lowest BCUT2D eigenvalue weighted by Crippen LogP contribution is -2.36. The number of rotatable bonds is 0. The number of hydrogen-bond donors (Lipinski definition) is 1. The van der Waals surface area contributed by atoms with Gasteiger partial charge in [0.25, 0.3) is 0 Å². The fourth-order valence-corrected chi connectivity index (χ4v) is 2.42. The summed E-state index contributed by atoms with van der Waals surface area (Å²) < 4.78 is 0. The third kappa shape index (κ3) is 2.10. The molecular weight excluding hydrogens is 174 g/mol. The second-order valence-electron chi connectivity index (χ2n) is 6.56. The molecule has 2 nitrogen and oxygen atoms in total. The number of hydrogen-bond acceptors (Lipinski definition) is 1. The number of amides is 1. The molecule has 1 heterocycles. The molecule has 0 radical (unpaired) electrons. The minimum Gasteiger partial charge on any atom is -0.356 e. The highest BCUT2D eigenvalue weighted by molar-refractivity contribution is 5.82. The lowest BCUT2D eigenvalue weighted by molar-refractivity contribution is -0.127. The van der Waals surface area contributed by atoms with E-state index in [9.17, 15) is 4.79 Å². The van der Waals surface area contributed by atoms with Gasteiger partial charge in [0.15, 0.2) is 0 Å². The molecule has 0 spiro atoms. The van der Waals surface area contributed by atoms with Crippen molar-refractivity contribution in [2.45, 2.75) is 41.5 Å². The Labute approximate surface area is 87.5 Å². The molecule has 1 aliphatic rings. The van der Waals surface area contributed by atoms with Gasteiger partial charge in [0.05, 0.1) is 0 Å². The number of carbonyl (C=O) groups is 1. The molecule has 0 aromatic heterocycles. The quantitative estimate of drug-likeness (QED) is 0.635. The van der Waals surface area contributed by atoms with Crippen LogP contribution in [0.1, 0.15) is 41.5 Å². The first kappa shape index (κ1) is 11.5. The van der Waals surface area contributed by atoms with Crippen LogP contribution in [0.3, 0.4) is 0 Å². The van der Waals surface area contributed by atoms with Crippen LogP contribution in [0.15, 0.2) is 0 Å². The van der Waals surface area contributed by atoms with E-state index in [1.807, 2.05) is 0 Å². The highest BCUT2D eigenvalue weighted by Crippen LogP contribution is 2.43. The zero-order valence-electron chi connectivity index (χ0n) is 10.3. The van der Waals surface area contributed by atoms with Crippen molar-refractivity contribution < 1.29 is 4.79 Å². The maximum absolute atomic E-state index is 11.8. The van der Waals surface area contributed by atoms with E-state index < -0.39 is 0 Å². The van der Waals surface area contributed by atoms with Crippen LogP contribution in [0.5, 0.6) is 0 Å². The Bertz CT molecular complexity index is 232. The Morgan fingerprint density at radius 3 is 1.86 bits per heavy atom. The zero-order valence-corrected chi connectivity index (χ0v) is 10.3. The van der Waals surface area contributed by atoms with Gasteiger partial charge in [0, 0.05) is 12.5 Å². The molecule has 1 amide bonds. The van der Waals surface area contributed by atoms with Crippen LogP contribution in [0.4, 0.5) is 0 Å². The van der Waals surface area contributed by atoms with Crippen molar-refractivity contribution in [3.63, 3.8) is 0 Å². The zero-order chi connectivity index (χ0) is 11.1. The van der Waals surface area contributed by atoms with E-state index >= 15 is 0 Å². The van der Waals surface area contributed by atoms with Gasteiger partial charge in [0.2, 0.25) is 5.91 Å². The predicted octanol–water partition coefficient (Wildman–Crippen LogP) is 2.44. The Morgan fingerprint density at radius 1 is 1.07 bits per heavy atom. The first-order valence-electron chi connectivity index (χ1n) is 5.42. The second-order valence-corrected chi connectivity index (χ2v) is 6.56. The van der Waals surface area contributed by atoms with Gasteiger partial charge in [-0.3, -0.25) is 4.79 Å². The fourth-order valence-electron chi connectivity index (χ4n) is 2.42. The summed E-state index contributed by atoms with van der Waals surface area (Å²) in [5.74, 6) is 0.843. The molecule has 14 heavy (non-hydrogen) atoms. The standard InChI is InChI=1S/C12H23NO/c1-11(2,3)8-7-13-10(14)9(8)12(4,5)6/h8-9H,7H2,1-6H3,(H,13,14). The molecule has 2 atom stereocenters. The maximum atomic E-state index is 11.8. The van der Waals surface area contributed by atoms with Crippen molar-refractivity contribution in [2.24, 2.45) is 22.7 Å². The average Bonchev–Trinajstić information content (AvgIpc) is 2.27. The first-order chi connectivity index (χ1) is 6.14. The lowest BCUT2D eigenvalue weighted by Gasteiger charge is -2.37. The third-order valence-electron chi connectivity index (χ3n) is 3.23. The molecule has 0 aromatic carbocycles. The summed E-state index contributed by atoms with van der Waals surface area (Å²) >= 11 is 0. The Balaban J connectivity index is 2.94. The van der Waals surface area contributed by atoms with E-state index in [0.29, 0.717) is 5.92 Å². The summed E-state index contributed by atoms with van der Waals surface area (Å²) in [5.41, 5.74) is 0.273. The molecule has 1 aliphatic heterocycles. The smallest absolute Gasteiger partial charge is 0.224 e. The summed E-state index contributed by atoms with van der Waals surface area (Å²) in [6.45, 7) is 14.0. The van der Waals surface area contributed by atoms with Crippen molar-refractivity contribution in [2.75, 3.05) is 6.54 Å². The molecule has 1 N–H and O–H groups in total. The largest absolute Gasteiger partial charge is 0.356 e. The van der Waals surface area contributed by atoms with Crippen molar-refractivity contribution in [1.29, 1.82) is 0 Å². The van der Waals surface area contributed by atoms with Gasteiger partial charge in [0.1, 0.15) is 0 Å². The third-order valence-corrected chi connectivity index (χ3v) is 3.23. The van der Waals surface area contributed by atoms with Gasteiger partial charge in [-0.15, -0.1) is 0 Å². The van der Waals surface area contributed by atoms with Gasteiger partial charge in [-0.25, -0.2) is 0 Å². The molecule has 1 fully saturated rings. The van der Waals surface area contributed by atoms with E-state index in [1.54, 1.807) is 0 Å². The van der Waals surface area contributed by atoms with E-state index in [0.717, 1.165) is 6.54 Å². The SMILES string of the molecule is CC(C)(C)C1CNC(=O)C1C(C)(C)C. The Kier molecular flexibility index (Phi) is 2.68. The monoisotopic (exact) mass is 197 g/mol. The Morgan fingerprint density at radius 2 is 1.57 bits per heavy atom.